The first-order valence-corrected chi connectivity index (χ1v) is 31.6. The Hall–Kier alpha value is -11.3. The van der Waals surface area contributed by atoms with E-state index in [0.717, 1.165) is 91.4 Å². The molecule has 0 aliphatic heterocycles. The maximum Gasteiger partial charge on any atom is 0.272 e. The summed E-state index contributed by atoms with van der Waals surface area (Å²) in [6.07, 6.45) is 20.6. The summed E-state index contributed by atoms with van der Waals surface area (Å²) >= 11 is 11.8. The van der Waals surface area contributed by atoms with Crippen LogP contribution in [0.25, 0.3) is 89.8 Å². The molecule has 2 bridgehead atoms. The monoisotopic (exact) mass is 1310 g/mol. The first-order chi connectivity index (χ1) is 46.4. The van der Waals surface area contributed by atoms with Gasteiger partial charge in [0, 0.05) is 93.0 Å². The second-order valence-electron chi connectivity index (χ2n) is 24.1. The van der Waals surface area contributed by atoms with Crippen molar-refractivity contribution in [2.24, 2.45) is 5.92 Å². The molecule has 4 amide bonds. The normalized spacial score (nSPS) is 16.8. The van der Waals surface area contributed by atoms with Crippen LogP contribution in [-0.4, -0.2) is 116 Å². The van der Waals surface area contributed by atoms with E-state index in [1.54, 1.807) is 87.2 Å². The average molecular weight is 1310 g/mol. The number of benzene rings is 3. The number of halogens is 3. The Morgan fingerprint density at radius 2 is 0.947 bits per heavy atom. The van der Waals surface area contributed by atoms with Gasteiger partial charge in [0.2, 0.25) is 0 Å². The van der Waals surface area contributed by atoms with Gasteiger partial charge in [-0.15, -0.1) is 0 Å². The molecule has 0 radical (unpaired) electrons. The molecule has 6 saturated carbocycles. The highest BCUT2D eigenvalue weighted by atomic mass is 35.5. The van der Waals surface area contributed by atoms with Gasteiger partial charge < -0.3 is 30.1 Å². The summed E-state index contributed by atoms with van der Waals surface area (Å²) in [7, 11) is 0. The standard InChI is InChI=1S/C18H15ClN4O.2C17H13N5O2.C16H12ClFN4O/c19-13-5-3-12(4-6-13)16-15(21-14-2-1-7-20-23(14)16)17(24)22-18-8-11(9-18)10-18;23-17(20-11-4-5-11)15-16(22-14(21-15)2-1-7-19-22)10-3-6-13-12(8-10)18-9-24-13;23-17(20-11-3-4-11)15-16(22-14(21-15)2-1-6-19-22)10-8-13-12(18-9-10)5-7-24-13;17-9-3-6-11(12(18)8-9)15-14(16(23)20-10-4-5-10)21-13-2-1-7-19-22(13)15/h1-7,11H,8-10H2,(H,22,24);1-3,6-9,11H,4-5H2,(H,20,23);1-2,5-9,11H,3-4H2,(H,20,23);1-3,6-8,10H,4-5H2,(H,20,23). The lowest BCUT2D eigenvalue weighted by Gasteiger charge is -2.61. The second kappa shape index (κ2) is 24.0. The molecule has 6 fully saturated rings. The SMILES string of the molecule is O=C(NC12CC(C1)C2)c1nc2cccnn2c1-c1ccc(Cl)cc1.O=C(NC1CC1)c1nc2cccnn2c1-c1ccc(Cl)cc1F.O=C(NC1CC1)c1nc2cccnn2c1-c1ccc2ocnc2c1.O=C(NC1CC1)c1nc2cccnn2c1-c1cnc2ccoc2c1. The van der Waals surface area contributed by atoms with Crippen molar-refractivity contribution >= 4 is 91.6 Å². The van der Waals surface area contributed by atoms with Crippen molar-refractivity contribution in [2.75, 3.05) is 0 Å². The number of carbonyl (C=O) groups is 4. The molecule has 0 unspecified atom stereocenters. The molecular formula is C68H53Cl2FN18O6. The number of nitrogens with one attached hydrogen (secondary N) is 4. The van der Waals surface area contributed by atoms with Crippen molar-refractivity contribution in [3.63, 3.8) is 0 Å². The highest BCUT2D eigenvalue weighted by Gasteiger charge is 2.57. The molecule has 20 rings (SSSR count). The van der Waals surface area contributed by atoms with Gasteiger partial charge in [-0.3, -0.25) is 24.2 Å². The third kappa shape index (κ3) is 11.7. The molecule has 4 N–H and O–H groups in total. The molecule has 14 aromatic rings. The van der Waals surface area contributed by atoms with Gasteiger partial charge in [0.1, 0.15) is 39.6 Å². The second-order valence-corrected chi connectivity index (χ2v) is 24.9. The van der Waals surface area contributed by atoms with E-state index in [0.29, 0.717) is 78.6 Å². The number of hydrogen-bond donors (Lipinski definition) is 4. The number of imidazole rings is 4. The van der Waals surface area contributed by atoms with E-state index >= 15 is 0 Å². The number of aromatic nitrogens is 14. The molecule has 6 aliphatic carbocycles. The van der Waals surface area contributed by atoms with Crippen LogP contribution in [-0.2, 0) is 0 Å². The van der Waals surface area contributed by atoms with Crippen LogP contribution in [0, 0.1) is 11.7 Å². The third-order valence-corrected chi connectivity index (χ3v) is 17.6. The summed E-state index contributed by atoms with van der Waals surface area (Å²) in [5.74, 6) is -0.504. The Kier molecular flexibility index (Phi) is 14.8. The molecule has 3 aromatic carbocycles. The number of nitrogens with zero attached hydrogens (tertiary/aromatic N) is 14. The largest absolute Gasteiger partial charge is 0.463 e. The van der Waals surface area contributed by atoms with Crippen LogP contribution >= 0.6 is 23.2 Å². The fourth-order valence-corrected chi connectivity index (χ4v) is 12.1. The molecule has 472 valence electrons. The van der Waals surface area contributed by atoms with Gasteiger partial charge >= 0.3 is 0 Å². The minimum absolute atomic E-state index is 0.0161. The van der Waals surface area contributed by atoms with Gasteiger partial charge in [-0.2, -0.15) is 20.4 Å². The highest BCUT2D eigenvalue weighted by Crippen LogP contribution is 2.57. The Morgan fingerprint density at radius 1 is 0.474 bits per heavy atom. The summed E-state index contributed by atoms with van der Waals surface area (Å²) < 4.78 is 31.6. The zero-order valence-corrected chi connectivity index (χ0v) is 51.6. The predicted molar refractivity (Wildman–Crippen MR) is 348 cm³/mol. The van der Waals surface area contributed by atoms with E-state index in [1.807, 2.05) is 72.8 Å². The van der Waals surface area contributed by atoms with Crippen LogP contribution in [0.3, 0.4) is 0 Å². The highest BCUT2D eigenvalue weighted by molar-refractivity contribution is 6.31. The van der Waals surface area contributed by atoms with Crippen LogP contribution in [0.4, 0.5) is 4.39 Å². The van der Waals surface area contributed by atoms with Gasteiger partial charge in [-0.1, -0.05) is 35.3 Å². The van der Waals surface area contributed by atoms with Gasteiger partial charge in [-0.05, 0) is 167 Å². The van der Waals surface area contributed by atoms with E-state index in [4.69, 9.17) is 32.0 Å². The summed E-state index contributed by atoms with van der Waals surface area (Å²) in [6.45, 7) is 0. The first-order valence-electron chi connectivity index (χ1n) is 30.8. The zero-order valence-electron chi connectivity index (χ0n) is 50.1. The van der Waals surface area contributed by atoms with Crippen molar-refractivity contribution in [3.05, 3.63) is 204 Å². The average Bonchev–Trinajstić information content (AvgIpc) is 1.70. The summed E-state index contributed by atoms with van der Waals surface area (Å²) in [4.78, 5) is 76.9. The molecule has 6 aliphatic rings. The van der Waals surface area contributed by atoms with Crippen molar-refractivity contribution in [1.29, 1.82) is 0 Å². The zero-order chi connectivity index (χ0) is 64.5. The summed E-state index contributed by atoms with van der Waals surface area (Å²) in [5, 5.41) is 30.2. The minimum atomic E-state index is -0.523. The maximum atomic E-state index is 14.4. The van der Waals surface area contributed by atoms with Crippen molar-refractivity contribution in [3.8, 4) is 45.0 Å². The molecule has 0 saturated heterocycles. The smallest absolute Gasteiger partial charge is 0.272 e. The van der Waals surface area contributed by atoms with Crippen molar-refractivity contribution in [2.45, 2.75) is 81.5 Å². The molecule has 11 aromatic heterocycles. The van der Waals surface area contributed by atoms with Crippen LogP contribution in [0.1, 0.15) is 99.7 Å². The molecule has 24 nitrogen and oxygen atoms in total. The number of pyridine rings is 1. The lowest BCUT2D eigenvalue weighted by molar-refractivity contribution is -0.0439. The van der Waals surface area contributed by atoms with Gasteiger partial charge in [0.25, 0.3) is 23.6 Å². The van der Waals surface area contributed by atoms with E-state index in [2.05, 4.69) is 71.6 Å². The fraction of sp³-hybridized carbons (Fsp3) is 0.206. The number of hydrogen-bond acceptors (Lipinski definition) is 16. The van der Waals surface area contributed by atoms with E-state index in [9.17, 15) is 23.6 Å². The number of carbonyl (C=O) groups excluding carboxylic acids is 4. The third-order valence-electron chi connectivity index (χ3n) is 17.1. The maximum absolute atomic E-state index is 14.4. The topological polar surface area (TPSA) is 289 Å². The minimum Gasteiger partial charge on any atom is -0.463 e. The van der Waals surface area contributed by atoms with Crippen LogP contribution < -0.4 is 21.3 Å². The van der Waals surface area contributed by atoms with Gasteiger partial charge in [-0.25, -0.2) is 47.4 Å². The van der Waals surface area contributed by atoms with Gasteiger partial charge in [0.15, 0.2) is 62.9 Å². The fourth-order valence-electron chi connectivity index (χ4n) is 11.9. The lowest BCUT2D eigenvalue weighted by atomic mass is 9.50. The Balaban J connectivity index is 0.0000000999. The number of furan rings is 1. The lowest BCUT2D eigenvalue weighted by Crippen LogP contribution is -2.68. The van der Waals surface area contributed by atoms with E-state index in [1.165, 1.54) is 23.0 Å². The molecule has 0 spiro atoms. The van der Waals surface area contributed by atoms with Gasteiger partial charge in [0.05, 0.1) is 6.26 Å². The first kappa shape index (κ1) is 58.8. The molecular weight excluding hydrogens is 1250 g/mol. The number of oxazole rings is 1. The number of fused-ring (bicyclic) bond motifs is 6. The molecule has 27 heteroatoms. The van der Waals surface area contributed by atoms with Crippen LogP contribution in [0.2, 0.25) is 10.0 Å². The van der Waals surface area contributed by atoms with Crippen molar-refractivity contribution < 1.29 is 32.4 Å². The molecule has 95 heavy (non-hydrogen) atoms. The van der Waals surface area contributed by atoms with E-state index < -0.39 is 5.82 Å². The molecule has 0 atom stereocenters. The van der Waals surface area contributed by atoms with Crippen LogP contribution in [0.15, 0.2) is 174 Å². The van der Waals surface area contributed by atoms with Crippen molar-refractivity contribution in [1.82, 2.24) is 89.6 Å². The summed E-state index contributed by atoms with van der Waals surface area (Å²) in [5.41, 5.74) is 11.6. The predicted octanol–water partition coefficient (Wildman–Crippen LogP) is 11.3. The Labute approximate surface area is 547 Å². The molecule has 11 heterocycles. The van der Waals surface area contributed by atoms with Crippen LogP contribution in [0.5, 0.6) is 0 Å². The van der Waals surface area contributed by atoms with E-state index in [-0.39, 0.29) is 63.6 Å². The number of amides is 4. The number of rotatable bonds is 12. The quantitative estimate of drug-likeness (QED) is 0.0884. The Morgan fingerprint density at radius 3 is 1.45 bits per heavy atom. The summed E-state index contributed by atoms with van der Waals surface area (Å²) in [6, 6.07) is 36.0. The Bertz CT molecular complexity index is 5170.